The molecule has 1 aromatic rings. The number of hydrogen-bond acceptors (Lipinski definition) is 3. The van der Waals surface area contributed by atoms with Crippen molar-refractivity contribution >= 4 is 35.0 Å². The van der Waals surface area contributed by atoms with Crippen LogP contribution in [0.1, 0.15) is 25.7 Å². The summed E-state index contributed by atoms with van der Waals surface area (Å²) < 4.78 is 0. The SMILES string of the molecule is O=C(CCCN1C(=O)[C@@H]2CC=CC[C@H]2C1=O)Nc1ccccc1Cl. The maximum absolute atomic E-state index is 12.3. The van der Waals surface area contributed by atoms with E-state index in [9.17, 15) is 14.4 Å². The van der Waals surface area contributed by atoms with Gasteiger partial charge in [-0.15, -0.1) is 0 Å². The van der Waals surface area contributed by atoms with E-state index < -0.39 is 0 Å². The molecule has 1 N–H and O–H groups in total. The lowest BCUT2D eigenvalue weighted by Crippen LogP contribution is -2.32. The highest BCUT2D eigenvalue weighted by atomic mass is 35.5. The maximum Gasteiger partial charge on any atom is 0.233 e. The number of hydrogen-bond donors (Lipinski definition) is 1. The van der Waals surface area contributed by atoms with Crippen LogP contribution in [0.5, 0.6) is 0 Å². The van der Waals surface area contributed by atoms with E-state index >= 15 is 0 Å². The number of likely N-dealkylation sites (tertiary alicyclic amines) is 1. The lowest BCUT2D eigenvalue weighted by atomic mass is 9.85. The minimum absolute atomic E-state index is 0.0964. The van der Waals surface area contributed by atoms with E-state index in [2.05, 4.69) is 5.32 Å². The molecule has 1 saturated heterocycles. The van der Waals surface area contributed by atoms with E-state index in [1.165, 1.54) is 4.90 Å². The first-order chi connectivity index (χ1) is 11.6. The molecule has 1 aliphatic carbocycles. The molecule has 3 rings (SSSR count). The van der Waals surface area contributed by atoms with Crippen LogP contribution in [0.2, 0.25) is 5.02 Å². The van der Waals surface area contributed by atoms with Crippen molar-refractivity contribution in [3.05, 3.63) is 41.4 Å². The number of rotatable bonds is 5. The average molecular weight is 347 g/mol. The number of nitrogens with one attached hydrogen (secondary N) is 1. The average Bonchev–Trinajstić information content (AvgIpc) is 2.82. The summed E-state index contributed by atoms with van der Waals surface area (Å²) in [6.45, 7) is 0.292. The molecule has 0 aromatic heterocycles. The van der Waals surface area contributed by atoms with Crippen LogP contribution in [-0.4, -0.2) is 29.2 Å². The first-order valence-electron chi connectivity index (χ1n) is 8.12. The van der Waals surface area contributed by atoms with Gasteiger partial charge in [-0.2, -0.15) is 0 Å². The molecule has 6 heteroatoms. The number of fused-ring (bicyclic) bond motifs is 1. The molecular weight excluding hydrogens is 328 g/mol. The predicted octanol–water partition coefficient (Wildman–Crippen LogP) is 3.01. The Morgan fingerprint density at radius 2 is 1.75 bits per heavy atom. The summed E-state index contributed by atoms with van der Waals surface area (Å²) in [6.07, 6.45) is 5.88. The van der Waals surface area contributed by atoms with Crippen LogP contribution in [0.25, 0.3) is 0 Å². The van der Waals surface area contributed by atoms with Gasteiger partial charge in [-0.1, -0.05) is 35.9 Å². The molecular formula is C18H19ClN2O3. The molecule has 0 radical (unpaired) electrons. The van der Waals surface area contributed by atoms with Gasteiger partial charge in [0, 0.05) is 13.0 Å². The summed E-state index contributed by atoms with van der Waals surface area (Å²) >= 11 is 6.00. The fraction of sp³-hybridized carbons (Fsp3) is 0.389. The lowest BCUT2D eigenvalue weighted by Gasteiger charge is -2.14. The van der Waals surface area contributed by atoms with Crippen LogP contribution in [0.3, 0.4) is 0 Å². The zero-order chi connectivity index (χ0) is 17.1. The van der Waals surface area contributed by atoms with Crippen LogP contribution in [0.4, 0.5) is 5.69 Å². The van der Waals surface area contributed by atoms with Gasteiger partial charge in [0.05, 0.1) is 22.5 Å². The summed E-state index contributed by atoms with van der Waals surface area (Å²) in [5, 5.41) is 3.22. The summed E-state index contributed by atoms with van der Waals surface area (Å²) in [5.41, 5.74) is 0.564. The van der Waals surface area contributed by atoms with E-state index in [1.54, 1.807) is 24.3 Å². The third kappa shape index (κ3) is 3.36. The molecule has 1 fully saturated rings. The van der Waals surface area contributed by atoms with E-state index in [0.29, 0.717) is 36.5 Å². The zero-order valence-electron chi connectivity index (χ0n) is 13.2. The summed E-state index contributed by atoms with van der Waals surface area (Å²) in [7, 11) is 0. The molecule has 0 bridgehead atoms. The molecule has 2 atom stereocenters. The first-order valence-corrected chi connectivity index (χ1v) is 8.50. The largest absolute Gasteiger partial charge is 0.325 e. The van der Waals surface area contributed by atoms with E-state index in [0.717, 1.165) is 0 Å². The number of carbonyl (C=O) groups excluding carboxylic acids is 3. The molecule has 24 heavy (non-hydrogen) atoms. The van der Waals surface area contributed by atoms with Crippen molar-refractivity contribution in [2.45, 2.75) is 25.7 Å². The Kier molecular flexibility index (Phi) is 5.00. The second-order valence-corrected chi connectivity index (χ2v) is 6.52. The fourth-order valence-electron chi connectivity index (χ4n) is 3.26. The number of nitrogens with zero attached hydrogens (tertiary/aromatic N) is 1. The highest BCUT2D eigenvalue weighted by Crippen LogP contribution is 2.35. The van der Waals surface area contributed by atoms with Crippen LogP contribution in [0, 0.1) is 11.8 Å². The Bertz CT molecular complexity index is 675. The van der Waals surface area contributed by atoms with Gasteiger partial charge in [-0.25, -0.2) is 0 Å². The van der Waals surface area contributed by atoms with Crippen LogP contribution in [-0.2, 0) is 14.4 Å². The van der Waals surface area contributed by atoms with Crippen molar-refractivity contribution in [1.82, 2.24) is 4.90 Å². The van der Waals surface area contributed by atoms with Crippen molar-refractivity contribution < 1.29 is 14.4 Å². The van der Waals surface area contributed by atoms with E-state index in [1.807, 2.05) is 12.2 Å². The van der Waals surface area contributed by atoms with Crippen LogP contribution >= 0.6 is 11.6 Å². The molecule has 1 aliphatic heterocycles. The topological polar surface area (TPSA) is 66.5 Å². The Morgan fingerprint density at radius 3 is 2.38 bits per heavy atom. The van der Waals surface area contributed by atoms with Gasteiger partial charge in [0.15, 0.2) is 0 Å². The molecule has 126 valence electrons. The van der Waals surface area contributed by atoms with Gasteiger partial charge in [0.2, 0.25) is 17.7 Å². The number of imide groups is 1. The summed E-state index contributed by atoms with van der Waals surface area (Å²) in [6, 6.07) is 7.01. The smallest absolute Gasteiger partial charge is 0.233 e. The highest BCUT2D eigenvalue weighted by molar-refractivity contribution is 6.33. The van der Waals surface area contributed by atoms with Gasteiger partial charge in [0.25, 0.3) is 0 Å². The molecule has 1 heterocycles. The van der Waals surface area contributed by atoms with Crippen LogP contribution < -0.4 is 5.32 Å². The second-order valence-electron chi connectivity index (χ2n) is 6.12. The third-order valence-corrected chi connectivity index (χ3v) is 4.86. The molecule has 0 unspecified atom stereocenters. The van der Waals surface area contributed by atoms with E-state index in [4.69, 9.17) is 11.6 Å². The van der Waals surface area contributed by atoms with Crippen molar-refractivity contribution in [2.75, 3.05) is 11.9 Å². The maximum atomic E-state index is 12.3. The number of benzene rings is 1. The molecule has 2 aliphatic rings. The monoisotopic (exact) mass is 346 g/mol. The number of carbonyl (C=O) groups is 3. The summed E-state index contributed by atoms with van der Waals surface area (Å²) in [5.74, 6) is -0.790. The molecule has 0 spiro atoms. The Hall–Kier alpha value is -2.14. The van der Waals surface area contributed by atoms with Crippen molar-refractivity contribution in [3.8, 4) is 0 Å². The van der Waals surface area contributed by atoms with Gasteiger partial charge >= 0.3 is 0 Å². The molecule has 3 amide bonds. The molecule has 1 aromatic carbocycles. The Labute approximate surface area is 145 Å². The molecule has 5 nitrogen and oxygen atoms in total. The second kappa shape index (κ2) is 7.18. The normalized spacial score (nSPS) is 22.6. The quantitative estimate of drug-likeness (QED) is 0.658. The molecule has 0 saturated carbocycles. The van der Waals surface area contributed by atoms with Gasteiger partial charge in [-0.3, -0.25) is 19.3 Å². The predicted molar refractivity (Wildman–Crippen MR) is 91.4 cm³/mol. The number of allylic oxidation sites excluding steroid dienone is 2. The van der Waals surface area contributed by atoms with Gasteiger partial charge in [-0.05, 0) is 31.4 Å². The Balaban J connectivity index is 1.50. The fourth-order valence-corrected chi connectivity index (χ4v) is 3.45. The standard InChI is InChI=1S/C18H19ClN2O3/c19-14-8-3-4-9-15(14)20-16(22)10-5-11-21-17(23)12-6-1-2-7-13(12)18(21)24/h1-4,8-9,12-13H,5-7,10-11H2,(H,20,22)/t12-,13-/m1/s1. The van der Waals surface area contributed by atoms with Crippen LogP contribution in [0.15, 0.2) is 36.4 Å². The number of halogens is 1. The van der Waals surface area contributed by atoms with Crippen molar-refractivity contribution in [1.29, 1.82) is 0 Å². The van der Waals surface area contributed by atoms with Crippen molar-refractivity contribution in [3.63, 3.8) is 0 Å². The first kappa shape index (κ1) is 16.7. The minimum Gasteiger partial charge on any atom is -0.325 e. The number of para-hydroxylation sites is 1. The van der Waals surface area contributed by atoms with Gasteiger partial charge in [0.1, 0.15) is 0 Å². The van der Waals surface area contributed by atoms with Crippen molar-refractivity contribution in [2.24, 2.45) is 11.8 Å². The number of anilines is 1. The van der Waals surface area contributed by atoms with E-state index in [-0.39, 0.29) is 36.0 Å². The highest BCUT2D eigenvalue weighted by Gasteiger charge is 2.46. The third-order valence-electron chi connectivity index (χ3n) is 4.53. The Morgan fingerprint density at radius 1 is 1.12 bits per heavy atom. The summed E-state index contributed by atoms with van der Waals surface area (Å²) in [4.78, 5) is 37.9. The lowest BCUT2D eigenvalue weighted by molar-refractivity contribution is -0.140. The minimum atomic E-state index is -0.209. The number of amides is 3. The van der Waals surface area contributed by atoms with Gasteiger partial charge < -0.3 is 5.32 Å². The zero-order valence-corrected chi connectivity index (χ0v) is 14.0.